The van der Waals surface area contributed by atoms with E-state index in [1.165, 1.54) is 25.7 Å². The Labute approximate surface area is 114 Å². The van der Waals surface area contributed by atoms with Crippen molar-refractivity contribution in [1.82, 2.24) is 5.32 Å². The first kappa shape index (κ1) is 12.5. The fraction of sp³-hybridized carbons (Fsp3) is 0.533. The molecule has 2 atom stereocenters. The average molecular weight is 259 g/mol. The zero-order valence-corrected chi connectivity index (χ0v) is 11.3. The number of benzene rings is 1. The number of rotatable bonds is 3. The lowest BCUT2D eigenvalue weighted by atomic mass is 9.96. The smallest absolute Gasteiger partial charge is 0.248 e. The maximum absolute atomic E-state index is 11.3. The summed E-state index contributed by atoms with van der Waals surface area (Å²) in [7, 11) is 2.05. The van der Waals surface area contributed by atoms with Gasteiger partial charge in [0, 0.05) is 29.4 Å². The summed E-state index contributed by atoms with van der Waals surface area (Å²) in [6.45, 7) is 0. The summed E-state index contributed by atoms with van der Waals surface area (Å²) in [4.78, 5) is 13.8. The van der Waals surface area contributed by atoms with Crippen LogP contribution in [0.2, 0.25) is 0 Å². The fourth-order valence-electron chi connectivity index (χ4n) is 3.65. The second-order valence-corrected chi connectivity index (χ2v) is 5.66. The van der Waals surface area contributed by atoms with Crippen LogP contribution in [0.15, 0.2) is 24.3 Å². The minimum absolute atomic E-state index is 0.348. The van der Waals surface area contributed by atoms with E-state index in [1.54, 1.807) is 6.07 Å². The van der Waals surface area contributed by atoms with Crippen LogP contribution in [-0.4, -0.2) is 31.1 Å². The molecular weight excluding hydrogens is 238 g/mol. The van der Waals surface area contributed by atoms with Gasteiger partial charge in [-0.15, -0.1) is 0 Å². The monoisotopic (exact) mass is 259 g/mol. The van der Waals surface area contributed by atoms with Gasteiger partial charge in [-0.25, -0.2) is 0 Å². The number of nitrogens with zero attached hydrogens (tertiary/aromatic N) is 1. The standard InChI is InChI=1S/C15H21N3O/c1-17-11-8-13-5-6-14(9-11)18(13)12-4-2-3-10(7-12)15(16)19/h2-4,7,11,13-14,17H,5-6,8-9H2,1H3,(H2,16,19). The number of carbonyl (C=O) groups is 1. The molecule has 2 heterocycles. The van der Waals surface area contributed by atoms with E-state index in [1.807, 2.05) is 19.2 Å². The first-order valence-electron chi connectivity index (χ1n) is 7.04. The molecule has 0 aliphatic carbocycles. The molecule has 1 aromatic carbocycles. The number of carbonyl (C=O) groups excluding carboxylic acids is 1. The van der Waals surface area contributed by atoms with Crippen LogP contribution in [0.1, 0.15) is 36.0 Å². The minimum Gasteiger partial charge on any atom is -0.366 e. The lowest BCUT2D eigenvalue weighted by Crippen LogP contribution is -2.48. The highest BCUT2D eigenvalue weighted by molar-refractivity contribution is 5.93. The molecule has 3 rings (SSSR count). The van der Waals surface area contributed by atoms with Crippen molar-refractivity contribution in [2.24, 2.45) is 5.73 Å². The molecule has 0 saturated carbocycles. The van der Waals surface area contributed by atoms with Crippen molar-refractivity contribution >= 4 is 11.6 Å². The number of hydrogen-bond donors (Lipinski definition) is 2. The highest BCUT2D eigenvalue weighted by Crippen LogP contribution is 2.39. The Morgan fingerprint density at radius 3 is 2.58 bits per heavy atom. The molecule has 4 heteroatoms. The predicted octanol–water partition coefficient (Wildman–Crippen LogP) is 1.50. The van der Waals surface area contributed by atoms with Gasteiger partial charge in [-0.05, 0) is 50.9 Å². The van der Waals surface area contributed by atoms with Crippen molar-refractivity contribution in [2.75, 3.05) is 11.9 Å². The van der Waals surface area contributed by atoms with Crippen LogP contribution >= 0.6 is 0 Å². The van der Waals surface area contributed by atoms with E-state index in [0.717, 1.165) is 5.69 Å². The second-order valence-electron chi connectivity index (χ2n) is 5.66. The average Bonchev–Trinajstić information content (AvgIpc) is 2.69. The summed E-state index contributed by atoms with van der Waals surface area (Å²) in [6, 6.07) is 9.57. The number of nitrogens with two attached hydrogens (primary N) is 1. The Balaban J connectivity index is 1.87. The lowest BCUT2D eigenvalue weighted by molar-refractivity contribution is 0.100. The third kappa shape index (κ3) is 2.21. The summed E-state index contributed by atoms with van der Waals surface area (Å²) >= 11 is 0. The van der Waals surface area contributed by atoms with E-state index in [-0.39, 0.29) is 5.91 Å². The van der Waals surface area contributed by atoms with Crippen molar-refractivity contribution < 1.29 is 4.79 Å². The number of hydrogen-bond acceptors (Lipinski definition) is 3. The molecule has 2 fully saturated rings. The maximum Gasteiger partial charge on any atom is 0.248 e. The number of amides is 1. The van der Waals surface area contributed by atoms with Crippen LogP contribution in [0.4, 0.5) is 5.69 Å². The van der Waals surface area contributed by atoms with Gasteiger partial charge < -0.3 is 16.0 Å². The van der Waals surface area contributed by atoms with Gasteiger partial charge in [0.25, 0.3) is 0 Å². The summed E-state index contributed by atoms with van der Waals surface area (Å²) in [5, 5.41) is 3.41. The molecule has 0 spiro atoms. The highest BCUT2D eigenvalue weighted by atomic mass is 16.1. The Kier molecular flexibility index (Phi) is 3.19. The summed E-state index contributed by atoms with van der Waals surface area (Å²) in [5.74, 6) is -0.348. The zero-order chi connectivity index (χ0) is 13.4. The molecule has 2 bridgehead atoms. The zero-order valence-electron chi connectivity index (χ0n) is 11.3. The van der Waals surface area contributed by atoms with E-state index in [9.17, 15) is 4.79 Å². The summed E-state index contributed by atoms with van der Waals surface area (Å²) < 4.78 is 0. The minimum atomic E-state index is -0.348. The molecular formula is C15H21N3O. The van der Waals surface area contributed by atoms with Crippen molar-refractivity contribution in [1.29, 1.82) is 0 Å². The van der Waals surface area contributed by atoms with E-state index >= 15 is 0 Å². The fourth-order valence-corrected chi connectivity index (χ4v) is 3.65. The van der Waals surface area contributed by atoms with Crippen LogP contribution < -0.4 is 16.0 Å². The van der Waals surface area contributed by atoms with Gasteiger partial charge in [-0.1, -0.05) is 6.07 Å². The molecule has 0 radical (unpaired) electrons. The number of anilines is 1. The van der Waals surface area contributed by atoms with Gasteiger partial charge in [0.05, 0.1) is 0 Å². The predicted molar refractivity (Wildman–Crippen MR) is 76.3 cm³/mol. The summed E-state index contributed by atoms with van der Waals surface area (Å²) in [5.41, 5.74) is 7.13. The Hall–Kier alpha value is -1.55. The van der Waals surface area contributed by atoms with Gasteiger partial charge in [0.15, 0.2) is 0 Å². The molecule has 2 aliphatic heterocycles. The molecule has 1 aromatic rings. The van der Waals surface area contributed by atoms with Crippen LogP contribution in [0.25, 0.3) is 0 Å². The highest BCUT2D eigenvalue weighted by Gasteiger charge is 2.40. The third-order valence-corrected chi connectivity index (χ3v) is 4.57. The van der Waals surface area contributed by atoms with E-state index in [4.69, 9.17) is 5.73 Å². The molecule has 3 N–H and O–H groups in total. The molecule has 102 valence electrons. The number of fused-ring (bicyclic) bond motifs is 2. The molecule has 0 aromatic heterocycles. The van der Waals surface area contributed by atoms with Crippen LogP contribution in [0.5, 0.6) is 0 Å². The molecule has 2 saturated heterocycles. The van der Waals surface area contributed by atoms with Gasteiger partial charge in [-0.2, -0.15) is 0 Å². The van der Waals surface area contributed by atoms with Crippen molar-refractivity contribution in [2.45, 2.75) is 43.8 Å². The Bertz CT molecular complexity index is 474. The van der Waals surface area contributed by atoms with Gasteiger partial charge in [0.2, 0.25) is 5.91 Å². The first-order chi connectivity index (χ1) is 9.19. The Morgan fingerprint density at radius 1 is 1.32 bits per heavy atom. The third-order valence-electron chi connectivity index (χ3n) is 4.57. The van der Waals surface area contributed by atoms with E-state index < -0.39 is 0 Å². The number of nitrogens with one attached hydrogen (secondary N) is 1. The van der Waals surface area contributed by atoms with Crippen molar-refractivity contribution in [3.63, 3.8) is 0 Å². The lowest BCUT2D eigenvalue weighted by Gasteiger charge is -2.40. The molecule has 2 unspecified atom stereocenters. The van der Waals surface area contributed by atoms with Crippen LogP contribution in [0, 0.1) is 0 Å². The first-order valence-corrected chi connectivity index (χ1v) is 7.04. The number of primary amides is 1. The van der Waals surface area contributed by atoms with Crippen LogP contribution in [-0.2, 0) is 0 Å². The van der Waals surface area contributed by atoms with Crippen LogP contribution in [0.3, 0.4) is 0 Å². The van der Waals surface area contributed by atoms with E-state index in [0.29, 0.717) is 23.7 Å². The van der Waals surface area contributed by atoms with Crippen molar-refractivity contribution in [3.05, 3.63) is 29.8 Å². The second kappa shape index (κ2) is 4.85. The molecule has 2 aliphatic rings. The Morgan fingerprint density at radius 2 is 2.00 bits per heavy atom. The normalized spacial score (nSPS) is 29.5. The van der Waals surface area contributed by atoms with Gasteiger partial charge in [-0.3, -0.25) is 4.79 Å². The largest absolute Gasteiger partial charge is 0.366 e. The topological polar surface area (TPSA) is 58.4 Å². The van der Waals surface area contributed by atoms with Gasteiger partial charge >= 0.3 is 0 Å². The van der Waals surface area contributed by atoms with Crippen molar-refractivity contribution in [3.8, 4) is 0 Å². The quantitative estimate of drug-likeness (QED) is 0.865. The molecule has 4 nitrogen and oxygen atoms in total. The summed E-state index contributed by atoms with van der Waals surface area (Å²) in [6.07, 6.45) is 4.88. The molecule has 19 heavy (non-hydrogen) atoms. The SMILES string of the molecule is CNC1CC2CCC(C1)N2c1cccc(C(N)=O)c1. The van der Waals surface area contributed by atoms with Gasteiger partial charge in [0.1, 0.15) is 0 Å². The maximum atomic E-state index is 11.3. The van der Waals surface area contributed by atoms with E-state index in [2.05, 4.69) is 16.3 Å². The number of piperidine rings is 1. The molecule has 1 amide bonds.